The second-order valence-electron chi connectivity index (χ2n) is 6.39. The minimum atomic E-state index is -3.71. The van der Waals surface area contributed by atoms with Gasteiger partial charge in [0.15, 0.2) is 0 Å². The highest BCUT2D eigenvalue weighted by Crippen LogP contribution is 2.28. The highest BCUT2D eigenvalue weighted by Gasteiger charge is 2.21. The first-order valence-corrected chi connectivity index (χ1v) is 10.0. The number of nitrogens with zero attached hydrogens (tertiary/aromatic N) is 1. The van der Waals surface area contributed by atoms with Gasteiger partial charge in [0.25, 0.3) is 0 Å². The van der Waals surface area contributed by atoms with Crippen molar-refractivity contribution >= 4 is 32.7 Å². The van der Waals surface area contributed by atoms with Gasteiger partial charge in [-0.15, -0.1) is 0 Å². The van der Waals surface area contributed by atoms with Crippen LogP contribution in [-0.4, -0.2) is 45.9 Å². The summed E-state index contributed by atoms with van der Waals surface area (Å²) >= 11 is 0. The number of esters is 2. The minimum Gasteiger partial charge on any atom is -0.465 e. The van der Waals surface area contributed by atoms with Crippen LogP contribution < -0.4 is 4.74 Å². The first-order chi connectivity index (χ1) is 13.7. The molecule has 3 aromatic rings. The monoisotopic (exact) mass is 413 g/mol. The van der Waals surface area contributed by atoms with Crippen molar-refractivity contribution in [2.24, 2.45) is 0 Å². The van der Waals surface area contributed by atoms with Crippen LogP contribution in [0.3, 0.4) is 0 Å². The molecule has 0 saturated heterocycles. The number of ether oxygens (including phenoxy) is 2. The Kier molecular flexibility index (Phi) is 5.67. The van der Waals surface area contributed by atoms with E-state index in [0.29, 0.717) is 0 Å². The molecule has 0 amide bonds. The molecule has 0 bridgehead atoms. The molecule has 3 rings (SSSR count). The van der Waals surface area contributed by atoms with Gasteiger partial charge in [0, 0.05) is 14.1 Å². The third-order valence-corrected chi connectivity index (χ3v) is 6.12. The van der Waals surface area contributed by atoms with Gasteiger partial charge in [0.1, 0.15) is 11.3 Å². The zero-order valence-electron chi connectivity index (χ0n) is 16.1. The summed E-state index contributed by atoms with van der Waals surface area (Å²) in [5.41, 5.74) is 0.133. The summed E-state index contributed by atoms with van der Waals surface area (Å²) in [6.45, 7) is 0. The summed E-state index contributed by atoms with van der Waals surface area (Å²) in [6.07, 6.45) is 0. The Hall–Kier alpha value is -3.23. The van der Waals surface area contributed by atoms with Crippen LogP contribution >= 0.6 is 0 Å². The molecule has 0 atom stereocenters. The van der Waals surface area contributed by atoms with Gasteiger partial charge >= 0.3 is 11.9 Å². The number of benzene rings is 3. The van der Waals surface area contributed by atoms with Crippen LogP contribution in [-0.2, 0) is 14.8 Å². The molecule has 0 fully saturated rings. The number of fused-ring (bicyclic) bond motifs is 1. The first kappa shape index (κ1) is 20.5. The molecule has 0 heterocycles. The predicted octanol–water partition coefficient (Wildman–Crippen LogP) is 3.10. The van der Waals surface area contributed by atoms with Crippen LogP contribution in [0.2, 0.25) is 0 Å². The summed E-state index contributed by atoms with van der Waals surface area (Å²) in [5, 5.41) is 1.55. The van der Waals surface area contributed by atoms with E-state index in [4.69, 9.17) is 9.47 Å². The van der Waals surface area contributed by atoms with Gasteiger partial charge in [0.05, 0.1) is 17.6 Å². The number of sulfonamides is 1. The molecule has 150 valence electrons. The third-order valence-electron chi connectivity index (χ3n) is 4.30. The lowest BCUT2D eigenvalue weighted by atomic mass is 10.1. The molecule has 7 nitrogen and oxygen atoms in total. The molecule has 0 spiro atoms. The molecule has 3 aromatic carbocycles. The van der Waals surface area contributed by atoms with E-state index in [1.807, 2.05) is 24.3 Å². The Labute approximate surface area is 168 Å². The van der Waals surface area contributed by atoms with Crippen LogP contribution in [0.15, 0.2) is 65.6 Å². The molecular formula is C21H19NO6S. The lowest BCUT2D eigenvalue weighted by molar-refractivity contribution is 0.0593. The molecule has 0 aliphatic carbocycles. The Morgan fingerprint density at radius 2 is 1.52 bits per heavy atom. The Balaban J connectivity index is 2.01. The number of hydrogen-bond donors (Lipinski definition) is 0. The van der Waals surface area contributed by atoms with Crippen molar-refractivity contribution in [1.82, 2.24) is 4.31 Å². The molecular weight excluding hydrogens is 394 g/mol. The molecule has 0 aliphatic heterocycles. The van der Waals surface area contributed by atoms with E-state index in [9.17, 15) is 18.0 Å². The normalized spacial score (nSPS) is 11.4. The summed E-state index contributed by atoms with van der Waals surface area (Å²) in [5.74, 6) is -1.41. The van der Waals surface area contributed by atoms with E-state index in [-0.39, 0.29) is 21.8 Å². The fourth-order valence-electron chi connectivity index (χ4n) is 2.73. The number of hydrogen-bond acceptors (Lipinski definition) is 6. The van der Waals surface area contributed by atoms with E-state index in [1.165, 1.54) is 45.5 Å². The van der Waals surface area contributed by atoms with Crippen molar-refractivity contribution in [1.29, 1.82) is 0 Å². The highest BCUT2D eigenvalue weighted by molar-refractivity contribution is 7.89. The van der Waals surface area contributed by atoms with Gasteiger partial charge in [0.2, 0.25) is 10.0 Å². The number of rotatable bonds is 5. The van der Waals surface area contributed by atoms with Crippen LogP contribution in [0, 0.1) is 0 Å². The SMILES string of the molecule is COC(=O)c1cc2ccccc2cc1OC(=O)c1cccc(S(=O)(=O)N(C)C)c1. The molecule has 0 aliphatic rings. The number of methoxy groups -OCH3 is 1. The zero-order chi connectivity index (χ0) is 21.2. The van der Waals surface area contributed by atoms with Gasteiger partial charge in [-0.2, -0.15) is 0 Å². The number of carbonyl (C=O) groups excluding carboxylic acids is 2. The van der Waals surface area contributed by atoms with Crippen molar-refractivity contribution in [3.8, 4) is 5.75 Å². The summed E-state index contributed by atoms with van der Waals surface area (Å²) in [7, 11) is 0.328. The first-order valence-electron chi connectivity index (χ1n) is 8.60. The fourth-order valence-corrected chi connectivity index (χ4v) is 3.67. The predicted molar refractivity (Wildman–Crippen MR) is 108 cm³/mol. The van der Waals surface area contributed by atoms with Crippen molar-refractivity contribution < 1.29 is 27.5 Å². The van der Waals surface area contributed by atoms with E-state index in [2.05, 4.69) is 0 Å². The molecule has 0 aromatic heterocycles. The lowest BCUT2D eigenvalue weighted by Crippen LogP contribution is -2.22. The van der Waals surface area contributed by atoms with Crippen LogP contribution in [0.1, 0.15) is 20.7 Å². The second kappa shape index (κ2) is 8.02. The van der Waals surface area contributed by atoms with Crippen LogP contribution in [0.4, 0.5) is 0 Å². The standard InChI is InChI=1S/C21H19NO6S/c1-22(2)29(25,26)17-10-6-9-16(11-17)20(23)28-19-13-15-8-5-4-7-14(15)12-18(19)21(24)27-3/h4-13H,1-3H3. The van der Waals surface area contributed by atoms with E-state index in [1.54, 1.807) is 12.1 Å². The molecule has 0 unspecified atom stereocenters. The van der Waals surface area contributed by atoms with Gasteiger partial charge < -0.3 is 9.47 Å². The maximum absolute atomic E-state index is 12.7. The largest absolute Gasteiger partial charge is 0.465 e. The van der Waals surface area contributed by atoms with E-state index < -0.39 is 22.0 Å². The second-order valence-corrected chi connectivity index (χ2v) is 8.54. The maximum atomic E-state index is 12.7. The Morgan fingerprint density at radius 3 is 2.14 bits per heavy atom. The maximum Gasteiger partial charge on any atom is 0.343 e. The molecule has 8 heteroatoms. The van der Waals surface area contributed by atoms with Crippen LogP contribution in [0.25, 0.3) is 10.8 Å². The molecule has 0 saturated carbocycles. The van der Waals surface area contributed by atoms with Gasteiger partial charge in [-0.05, 0) is 41.1 Å². The van der Waals surface area contributed by atoms with Gasteiger partial charge in [-0.25, -0.2) is 22.3 Å². The molecule has 0 N–H and O–H groups in total. The quantitative estimate of drug-likeness (QED) is 0.472. The average molecular weight is 413 g/mol. The Bertz CT molecular complexity index is 1200. The smallest absolute Gasteiger partial charge is 0.343 e. The van der Waals surface area contributed by atoms with Crippen molar-refractivity contribution in [3.05, 3.63) is 71.8 Å². The molecule has 29 heavy (non-hydrogen) atoms. The van der Waals surface area contributed by atoms with Gasteiger partial charge in [-0.1, -0.05) is 30.3 Å². The van der Waals surface area contributed by atoms with Crippen molar-refractivity contribution in [2.45, 2.75) is 4.90 Å². The van der Waals surface area contributed by atoms with Crippen LogP contribution in [0.5, 0.6) is 5.75 Å². The lowest BCUT2D eigenvalue weighted by Gasteiger charge is -2.13. The summed E-state index contributed by atoms with van der Waals surface area (Å²) < 4.78 is 35.9. The van der Waals surface area contributed by atoms with Gasteiger partial charge in [-0.3, -0.25) is 0 Å². The molecule has 0 radical (unpaired) electrons. The Morgan fingerprint density at radius 1 is 0.862 bits per heavy atom. The summed E-state index contributed by atoms with van der Waals surface area (Å²) in [6, 6.07) is 16.0. The average Bonchev–Trinajstić information content (AvgIpc) is 2.72. The highest BCUT2D eigenvalue weighted by atomic mass is 32.2. The fraction of sp³-hybridized carbons (Fsp3) is 0.143. The topological polar surface area (TPSA) is 90.0 Å². The zero-order valence-corrected chi connectivity index (χ0v) is 16.9. The summed E-state index contributed by atoms with van der Waals surface area (Å²) in [4.78, 5) is 24.8. The van der Waals surface area contributed by atoms with E-state index in [0.717, 1.165) is 15.1 Å². The number of carbonyl (C=O) groups is 2. The van der Waals surface area contributed by atoms with Crippen molar-refractivity contribution in [2.75, 3.05) is 21.2 Å². The van der Waals surface area contributed by atoms with Crippen molar-refractivity contribution in [3.63, 3.8) is 0 Å². The minimum absolute atomic E-state index is 0.0291. The third kappa shape index (κ3) is 4.13. The van der Waals surface area contributed by atoms with E-state index >= 15 is 0 Å².